The molecule has 0 bridgehead atoms. The molecule has 0 saturated carbocycles. The predicted molar refractivity (Wildman–Crippen MR) is 123 cm³/mol. The van der Waals surface area contributed by atoms with E-state index in [9.17, 15) is 5.11 Å². The van der Waals surface area contributed by atoms with E-state index >= 15 is 0 Å². The highest BCUT2D eigenvalue weighted by Gasteiger charge is 2.24. The third-order valence-electron chi connectivity index (χ3n) is 5.30. The van der Waals surface area contributed by atoms with E-state index in [1.165, 1.54) is 5.56 Å². The lowest BCUT2D eigenvalue weighted by Gasteiger charge is -2.34. The van der Waals surface area contributed by atoms with Gasteiger partial charge >= 0.3 is 0 Å². The van der Waals surface area contributed by atoms with Gasteiger partial charge in [-0.15, -0.1) is 0 Å². The van der Waals surface area contributed by atoms with Gasteiger partial charge in [0.2, 0.25) is 0 Å². The van der Waals surface area contributed by atoms with Crippen LogP contribution in [0.1, 0.15) is 11.1 Å². The molecule has 2 N–H and O–H groups in total. The number of quaternary nitrogens is 1. The molecule has 0 aliphatic carbocycles. The molecule has 1 heterocycles. The summed E-state index contributed by atoms with van der Waals surface area (Å²) in [5, 5.41) is 18.9. The summed E-state index contributed by atoms with van der Waals surface area (Å²) in [5.74, 6) is 0.178. The molecule has 1 saturated heterocycles. The van der Waals surface area contributed by atoms with E-state index in [-0.39, 0.29) is 5.75 Å². The zero-order valence-corrected chi connectivity index (χ0v) is 17.6. The zero-order valence-electron chi connectivity index (χ0n) is 16.7. The molecule has 3 aromatic carbocycles. The van der Waals surface area contributed by atoms with Gasteiger partial charge in [-0.25, -0.2) is 0 Å². The third kappa shape index (κ3) is 5.09. The molecular weight excluding hydrogens is 392 g/mol. The van der Waals surface area contributed by atoms with E-state index in [0.29, 0.717) is 16.2 Å². The summed E-state index contributed by atoms with van der Waals surface area (Å²) in [5.41, 5.74) is 3.45. The summed E-state index contributed by atoms with van der Waals surface area (Å²) in [6.45, 7) is 4.81. The average Bonchev–Trinajstić information content (AvgIpc) is 2.80. The van der Waals surface area contributed by atoms with Crippen LogP contribution in [0.2, 0.25) is 0 Å². The Kier molecular flexibility index (Phi) is 6.47. The Morgan fingerprint density at radius 3 is 2.20 bits per heavy atom. The number of phenols is 1. The number of nitrogens with one attached hydrogen (secondary N) is 1. The van der Waals surface area contributed by atoms with Crippen molar-refractivity contribution in [3.05, 3.63) is 90.0 Å². The van der Waals surface area contributed by atoms with Gasteiger partial charge in [-0.1, -0.05) is 60.7 Å². The second-order valence-corrected chi connectivity index (χ2v) is 7.83. The van der Waals surface area contributed by atoms with Gasteiger partial charge in [-0.05, 0) is 30.3 Å². The number of hydrogen-bond donors (Lipinski definition) is 2. The van der Waals surface area contributed by atoms with Gasteiger partial charge in [-0.2, -0.15) is 10.2 Å². The molecule has 0 amide bonds. The van der Waals surface area contributed by atoms with Gasteiger partial charge in [0.25, 0.3) is 0 Å². The normalized spacial score (nSPS) is 14.9. The maximum absolute atomic E-state index is 10.4. The molecule has 152 valence electrons. The number of phenolic OH excluding ortho intramolecular Hbond substituents is 1. The zero-order chi connectivity index (χ0) is 20.8. The first-order chi connectivity index (χ1) is 14.7. The summed E-state index contributed by atoms with van der Waals surface area (Å²) in [6.07, 6.45) is 0. The molecule has 3 aromatic rings. The molecule has 1 fully saturated rings. The summed E-state index contributed by atoms with van der Waals surface area (Å²) in [4.78, 5) is 4.40. The van der Waals surface area contributed by atoms with Crippen LogP contribution < -0.4 is 4.90 Å². The molecule has 0 atom stereocenters. The van der Waals surface area contributed by atoms with Crippen LogP contribution in [0, 0.1) is 0 Å². The minimum Gasteiger partial charge on any atom is -0.507 e. The van der Waals surface area contributed by atoms with Crippen LogP contribution >= 0.6 is 12.2 Å². The quantitative estimate of drug-likeness (QED) is 0.489. The molecule has 1 aliphatic rings. The summed E-state index contributed by atoms with van der Waals surface area (Å²) in [7, 11) is 0. The standard InChI is InChI=1S/C24H24N4OS/c29-23-12-11-21(26-25-20-9-5-2-6-10-20)17-22(23)24(30)28-15-13-27(14-16-28)18-19-7-3-1-4-8-19/h1-12,17,29H,13-16,18H2/p+1. The molecule has 5 nitrogen and oxygen atoms in total. The highest BCUT2D eigenvalue weighted by Crippen LogP contribution is 2.26. The van der Waals surface area contributed by atoms with Crippen molar-refractivity contribution in [2.24, 2.45) is 10.2 Å². The lowest BCUT2D eigenvalue weighted by Crippen LogP contribution is -3.13. The SMILES string of the molecule is Oc1ccc(N=Nc2ccccc2)cc1C(=S)N1CC[NH+](Cc2ccccc2)CC1. The fourth-order valence-electron chi connectivity index (χ4n) is 3.63. The monoisotopic (exact) mass is 417 g/mol. The molecule has 0 radical (unpaired) electrons. The summed E-state index contributed by atoms with van der Waals surface area (Å²) in [6, 6.07) is 25.4. The first-order valence-corrected chi connectivity index (χ1v) is 10.6. The van der Waals surface area contributed by atoms with E-state index < -0.39 is 0 Å². The van der Waals surface area contributed by atoms with Crippen molar-refractivity contribution in [2.75, 3.05) is 26.2 Å². The van der Waals surface area contributed by atoms with Crippen molar-refractivity contribution in [3.8, 4) is 5.75 Å². The Morgan fingerprint density at radius 2 is 1.50 bits per heavy atom. The van der Waals surface area contributed by atoms with E-state index in [1.807, 2.05) is 36.4 Å². The Labute approximate surface area is 182 Å². The molecule has 0 unspecified atom stereocenters. The van der Waals surface area contributed by atoms with Gasteiger partial charge in [0, 0.05) is 5.56 Å². The predicted octanol–water partition coefficient (Wildman–Crippen LogP) is 3.88. The number of azo groups is 1. The molecule has 30 heavy (non-hydrogen) atoms. The number of rotatable bonds is 5. The number of thiocarbonyl (C=S) groups is 1. The van der Waals surface area contributed by atoms with Crippen LogP contribution in [0.25, 0.3) is 0 Å². The van der Waals surface area contributed by atoms with Crippen LogP contribution in [0.3, 0.4) is 0 Å². The molecule has 0 spiro atoms. The largest absolute Gasteiger partial charge is 0.507 e. The Hall–Kier alpha value is -3.09. The van der Waals surface area contributed by atoms with Gasteiger partial charge in [-0.3, -0.25) is 0 Å². The lowest BCUT2D eigenvalue weighted by molar-refractivity contribution is -0.917. The highest BCUT2D eigenvalue weighted by molar-refractivity contribution is 7.80. The molecular formula is C24H25N4OS+. The van der Waals surface area contributed by atoms with Gasteiger partial charge in [0.05, 0.1) is 43.1 Å². The van der Waals surface area contributed by atoms with E-state index in [1.54, 1.807) is 17.0 Å². The number of aromatic hydroxyl groups is 1. The molecule has 1 aliphatic heterocycles. The Bertz CT molecular complexity index is 1020. The number of hydrogen-bond acceptors (Lipinski definition) is 4. The van der Waals surface area contributed by atoms with Crippen LogP contribution in [-0.2, 0) is 6.54 Å². The number of piperazine rings is 1. The van der Waals surface area contributed by atoms with Gasteiger partial charge in [0.15, 0.2) is 0 Å². The highest BCUT2D eigenvalue weighted by atomic mass is 32.1. The Balaban J connectivity index is 1.40. The van der Waals surface area contributed by atoms with E-state index in [2.05, 4.69) is 45.5 Å². The van der Waals surface area contributed by atoms with Crippen molar-refractivity contribution >= 4 is 28.6 Å². The Morgan fingerprint density at radius 1 is 0.867 bits per heavy atom. The van der Waals surface area contributed by atoms with Crippen molar-refractivity contribution in [2.45, 2.75) is 6.54 Å². The maximum atomic E-state index is 10.4. The molecule has 4 rings (SSSR count). The van der Waals surface area contributed by atoms with Gasteiger partial charge in [0.1, 0.15) is 17.3 Å². The topological polar surface area (TPSA) is 52.6 Å². The van der Waals surface area contributed by atoms with E-state index in [0.717, 1.165) is 38.4 Å². The van der Waals surface area contributed by atoms with Crippen LogP contribution in [-0.4, -0.2) is 41.2 Å². The van der Waals surface area contributed by atoms with E-state index in [4.69, 9.17) is 12.2 Å². The van der Waals surface area contributed by atoms with Crippen LogP contribution in [0.5, 0.6) is 5.75 Å². The molecule has 0 aromatic heterocycles. The second kappa shape index (κ2) is 9.61. The first kappa shape index (κ1) is 20.2. The number of nitrogens with zero attached hydrogens (tertiary/aromatic N) is 3. The minimum atomic E-state index is 0.178. The van der Waals surface area contributed by atoms with Crippen molar-refractivity contribution in [1.29, 1.82) is 0 Å². The van der Waals surface area contributed by atoms with Crippen LogP contribution in [0.4, 0.5) is 11.4 Å². The minimum absolute atomic E-state index is 0.178. The van der Waals surface area contributed by atoms with Gasteiger partial charge < -0.3 is 14.9 Å². The third-order valence-corrected chi connectivity index (χ3v) is 5.78. The fourth-order valence-corrected chi connectivity index (χ4v) is 3.97. The smallest absolute Gasteiger partial charge is 0.125 e. The number of benzene rings is 3. The fraction of sp³-hybridized carbons (Fsp3) is 0.208. The average molecular weight is 418 g/mol. The van der Waals surface area contributed by atoms with Crippen molar-refractivity contribution < 1.29 is 10.0 Å². The molecule has 6 heteroatoms. The van der Waals surface area contributed by atoms with Crippen molar-refractivity contribution in [1.82, 2.24) is 4.90 Å². The van der Waals surface area contributed by atoms with Crippen molar-refractivity contribution in [3.63, 3.8) is 0 Å². The maximum Gasteiger partial charge on any atom is 0.125 e. The summed E-state index contributed by atoms with van der Waals surface area (Å²) >= 11 is 5.72. The second-order valence-electron chi connectivity index (χ2n) is 7.44. The lowest BCUT2D eigenvalue weighted by atomic mass is 10.1. The van der Waals surface area contributed by atoms with Crippen LogP contribution in [0.15, 0.2) is 89.1 Å². The first-order valence-electron chi connectivity index (χ1n) is 10.2. The summed E-state index contributed by atoms with van der Waals surface area (Å²) < 4.78 is 0.